The Balaban J connectivity index is 1.41. The van der Waals surface area contributed by atoms with Gasteiger partial charge in [-0.2, -0.15) is 0 Å². The normalized spacial score (nSPS) is 23.2. The third-order valence-corrected chi connectivity index (χ3v) is 6.23. The summed E-state index contributed by atoms with van der Waals surface area (Å²) in [6, 6.07) is 5.36. The fraction of sp³-hybridized carbons (Fsp3) is 0.652. The van der Waals surface area contributed by atoms with Gasteiger partial charge >= 0.3 is 13.1 Å². The van der Waals surface area contributed by atoms with Crippen LogP contribution in [0.5, 0.6) is 5.75 Å². The molecule has 2 aliphatic rings. The summed E-state index contributed by atoms with van der Waals surface area (Å²) in [6.07, 6.45) is 4.91. The summed E-state index contributed by atoms with van der Waals surface area (Å²) in [4.78, 5) is 24.0. The minimum atomic E-state index is -1.27. The van der Waals surface area contributed by atoms with E-state index in [-0.39, 0.29) is 22.8 Å². The van der Waals surface area contributed by atoms with Gasteiger partial charge in [-0.1, -0.05) is 12.1 Å². The first kappa shape index (κ1) is 24.5. The molecule has 176 valence electrons. The third kappa shape index (κ3) is 6.95. The van der Waals surface area contributed by atoms with E-state index in [0.717, 1.165) is 38.8 Å². The average Bonchev–Trinajstić information content (AvgIpc) is 2.71. The molecule has 1 atom stereocenters. The molecule has 8 nitrogen and oxygen atoms in total. The number of hydrogen-bond donors (Lipinski definition) is 5. The summed E-state index contributed by atoms with van der Waals surface area (Å²) in [5.74, 6) is -1.27. The van der Waals surface area contributed by atoms with E-state index in [1.807, 2.05) is 0 Å². The van der Waals surface area contributed by atoms with Crippen molar-refractivity contribution >= 4 is 19.0 Å². The van der Waals surface area contributed by atoms with Crippen LogP contribution in [-0.4, -0.2) is 59.7 Å². The Kier molecular flexibility index (Phi) is 8.19. The van der Waals surface area contributed by atoms with Crippen LogP contribution in [0.2, 0.25) is 0 Å². The second kappa shape index (κ2) is 10.7. The van der Waals surface area contributed by atoms with Gasteiger partial charge in [-0.25, -0.2) is 4.79 Å². The number of carbonyl (C=O) groups excluding carboxylic acids is 1. The van der Waals surface area contributed by atoms with Crippen LogP contribution in [0.25, 0.3) is 0 Å². The minimum absolute atomic E-state index is 0.0193. The second-order valence-corrected chi connectivity index (χ2v) is 10.0. The first-order valence-electron chi connectivity index (χ1n) is 11.6. The molecule has 0 unspecified atom stereocenters. The van der Waals surface area contributed by atoms with Crippen LogP contribution in [0.1, 0.15) is 68.8 Å². The molecule has 3 rings (SSSR count). The fourth-order valence-electron chi connectivity index (χ4n) is 4.53. The molecular formula is C23H36BN3O5. The van der Waals surface area contributed by atoms with Gasteiger partial charge in [0.15, 0.2) is 0 Å². The lowest BCUT2D eigenvalue weighted by molar-refractivity contribution is -0.122. The molecule has 1 aromatic rings. The third-order valence-electron chi connectivity index (χ3n) is 6.23. The Morgan fingerprint density at radius 2 is 1.88 bits per heavy atom. The lowest BCUT2D eigenvalue weighted by Gasteiger charge is -2.31. The second-order valence-electron chi connectivity index (χ2n) is 10.0. The minimum Gasteiger partial charge on any atom is -0.534 e. The zero-order valence-electron chi connectivity index (χ0n) is 19.3. The highest BCUT2D eigenvalue weighted by molar-refractivity contribution is 6.47. The Morgan fingerprint density at radius 1 is 1.16 bits per heavy atom. The van der Waals surface area contributed by atoms with Crippen LogP contribution in [0, 0.1) is 5.92 Å². The lowest BCUT2D eigenvalue weighted by atomic mass is 9.72. The van der Waals surface area contributed by atoms with E-state index in [0.29, 0.717) is 30.4 Å². The molecule has 1 aromatic carbocycles. The number of rotatable bonds is 8. The maximum absolute atomic E-state index is 12.6. The summed E-state index contributed by atoms with van der Waals surface area (Å²) in [5.41, 5.74) is 0.823. The van der Waals surface area contributed by atoms with Crippen molar-refractivity contribution in [2.75, 3.05) is 13.1 Å². The van der Waals surface area contributed by atoms with Gasteiger partial charge in [-0.15, -0.1) is 0 Å². The molecule has 1 fully saturated rings. The summed E-state index contributed by atoms with van der Waals surface area (Å²) in [6.45, 7) is 8.36. The predicted octanol–water partition coefficient (Wildman–Crippen LogP) is 1.75. The van der Waals surface area contributed by atoms with Crippen molar-refractivity contribution in [2.45, 2.75) is 76.8 Å². The Morgan fingerprint density at radius 3 is 2.53 bits per heavy atom. The molecule has 9 heteroatoms. The number of fused-ring (bicyclic) bond motifs is 1. The number of carboxylic acid groups (broad SMARTS) is 1. The van der Waals surface area contributed by atoms with Gasteiger partial charge in [0.05, 0.1) is 11.5 Å². The molecule has 0 aromatic heterocycles. The van der Waals surface area contributed by atoms with Gasteiger partial charge in [-0.05, 0) is 70.4 Å². The van der Waals surface area contributed by atoms with Crippen molar-refractivity contribution in [1.29, 1.82) is 0 Å². The standard InChI is InChI=1S/C23H36BN3O5/c1-23(2,3)26-12-11-25-17-9-7-15(8-10-17)13-20(28)27-19-14-16-5-4-6-18(22(29)30)21(16)32-24(19)31/h4-6,15,17,19,25-26,31H,7-14H2,1-3H3,(H,27,28)(H,29,30)/t15-,17-,19-/m0/s1. The lowest BCUT2D eigenvalue weighted by Crippen LogP contribution is -2.53. The van der Waals surface area contributed by atoms with E-state index < -0.39 is 19.0 Å². The van der Waals surface area contributed by atoms with E-state index in [4.69, 9.17) is 4.65 Å². The molecular weight excluding hydrogens is 409 g/mol. The number of amides is 1. The van der Waals surface area contributed by atoms with Gasteiger partial charge in [0, 0.05) is 31.1 Å². The quantitative estimate of drug-likeness (QED) is 0.306. The van der Waals surface area contributed by atoms with Crippen molar-refractivity contribution in [3.05, 3.63) is 29.3 Å². The topological polar surface area (TPSA) is 120 Å². The molecule has 1 aliphatic heterocycles. The first-order chi connectivity index (χ1) is 15.1. The highest BCUT2D eigenvalue weighted by atomic mass is 16.5. The number of aromatic carboxylic acids is 1. The number of hydrogen-bond acceptors (Lipinski definition) is 6. The van der Waals surface area contributed by atoms with Crippen LogP contribution in [0.15, 0.2) is 18.2 Å². The predicted molar refractivity (Wildman–Crippen MR) is 124 cm³/mol. The number of carboxylic acids is 1. The van der Waals surface area contributed by atoms with Crippen molar-refractivity contribution in [3.63, 3.8) is 0 Å². The van der Waals surface area contributed by atoms with E-state index in [1.165, 1.54) is 6.07 Å². The van der Waals surface area contributed by atoms with Crippen molar-refractivity contribution < 1.29 is 24.4 Å². The van der Waals surface area contributed by atoms with Crippen molar-refractivity contribution in [2.24, 2.45) is 5.92 Å². The fourth-order valence-corrected chi connectivity index (χ4v) is 4.53. The van der Waals surface area contributed by atoms with Crippen molar-refractivity contribution in [3.8, 4) is 5.75 Å². The molecule has 1 heterocycles. The van der Waals surface area contributed by atoms with Gasteiger partial charge < -0.3 is 30.7 Å². The van der Waals surface area contributed by atoms with Crippen LogP contribution in [-0.2, 0) is 11.2 Å². The highest BCUT2D eigenvalue weighted by Gasteiger charge is 2.38. The van der Waals surface area contributed by atoms with E-state index in [2.05, 4.69) is 36.7 Å². The molecule has 32 heavy (non-hydrogen) atoms. The number of nitrogens with one attached hydrogen (secondary N) is 3. The summed E-state index contributed by atoms with van der Waals surface area (Å²) in [5, 5.41) is 29.6. The van der Waals surface area contributed by atoms with Crippen LogP contribution < -0.4 is 20.6 Å². The Bertz CT molecular complexity index is 805. The molecule has 1 amide bonds. The number of carbonyl (C=O) groups is 2. The largest absolute Gasteiger partial charge is 0.547 e. The van der Waals surface area contributed by atoms with Gasteiger partial charge in [0.25, 0.3) is 0 Å². The van der Waals surface area contributed by atoms with Gasteiger partial charge in [0.2, 0.25) is 5.91 Å². The highest BCUT2D eigenvalue weighted by Crippen LogP contribution is 2.31. The molecule has 0 saturated heterocycles. The number of benzene rings is 1. The summed E-state index contributed by atoms with van der Waals surface area (Å²) < 4.78 is 5.46. The summed E-state index contributed by atoms with van der Waals surface area (Å²) >= 11 is 0. The maximum Gasteiger partial charge on any atom is 0.547 e. The molecule has 5 N–H and O–H groups in total. The maximum atomic E-state index is 12.6. The van der Waals surface area contributed by atoms with Gasteiger partial charge in [-0.3, -0.25) is 4.79 Å². The van der Waals surface area contributed by atoms with Crippen LogP contribution in [0.3, 0.4) is 0 Å². The molecule has 0 bridgehead atoms. The smallest absolute Gasteiger partial charge is 0.534 e. The summed E-state index contributed by atoms with van der Waals surface area (Å²) in [7, 11) is -1.27. The zero-order valence-corrected chi connectivity index (χ0v) is 19.3. The zero-order chi connectivity index (χ0) is 23.3. The average molecular weight is 445 g/mol. The van der Waals surface area contributed by atoms with Gasteiger partial charge in [0.1, 0.15) is 5.75 Å². The molecule has 0 spiro atoms. The van der Waals surface area contributed by atoms with Crippen LogP contribution in [0.4, 0.5) is 0 Å². The molecule has 1 aliphatic carbocycles. The number of para-hydroxylation sites is 1. The Hall–Kier alpha value is -2.10. The molecule has 1 saturated carbocycles. The SMILES string of the molecule is CC(C)(C)NCCN[C@H]1CC[C@H](CC(=O)N[C@H]2Cc3cccc(C(=O)O)c3OB2O)CC1. The first-order valence-corrected chi connectivity index (χ1v) is 11.6. The monoisotopic (exact) mass is 445 g/mol. The van der Waals surface area contributed by atoms with Crippen LogP contribution >= 0.6 is 0 Å². The van der Waals surface area contributed by atoms with E-state index in [1.54, 1.807) is 12.1 Å². The van der Waals surface area contributed by atoms with E-state index in [9.17, 15) is 19.7 Å². The van der Waals surface area contributed by atoms with E-state index >= 15 is 0 Å². The Labute approximate surface area is 190 Å². The van der Waals surface area contributed by atoms with Crippen molar-refractivity contribution in [1.82, 2.24) is 16.0 Å². The molecule has 0 radical (unpaired) electrons.